The average Bonchev–Trinajstić information content (AvgIpc) is 3.35. The van der Waals surface area contributed by atoms with Crippen molar-refractivity contribution >= 4 is 5.91 Å². The van der Waals surface area contributed by atoms with E-state index in [1.807, 2.05) is 49.2 Å². The van der Waals surface area contributed by atoms with Crippen LogP contribution in [0.3, 0.4) is 0 Å². The lowest BCUT2D eigenvalue weighted by molar-refractivity contribution is -0.00955. The molecule has 6 nitrogen and oxygen atoms in total. The number of carbonyl (C=O) groups is 1. The van der Waals surface area contributed by atoms with Crippen LogP contribution >= 0.6 is 0 Å². The number of methoxy groups -OCH3 is 2. The smallest absolute Gasteiger partial charge is 0.253 e. The van der Waals surface area contributed by atoms with Crippen LogP contribution in [-0.2, 0) is 15.9 Å². The van der Waals surface area contributed by atoms with E-state index < -0.39 is 11.2 Å². The number of ether oxygens (including phenoxy) is 3. The number of nitrogens with zero attached hydrogens (tertiary/aromatic N) is 2. The van der Waals surface area contributed by atoms with Crippen LogP contribution in [0, 0.1) is 5.82 Å². The van der Waals surface area contributed by atoms with Gasteiger partial charge in [-0.05, 0) is 50.2 Å². The van der Waals surface area contributed by atoms with Crippen molar-refractivity contribution in [2.75, 3.05) is 27.3 Å². The zero-order valence-electron chi connectivity index (χ0n) is 19.9. The molecular weight excluding hydrogens is 435 g/mol. The predicted molar refractivity (Wildman–Crippen MR) is 126 cm³/mol. The summed E-state index contributed by atoms with van der Waals surface area (Å²) in [6.07, 6.45) is 3.21. The molecule has 0 bridgehead atoms. The normalized spacial score (nSPS) is 16.6. The lowest BCUT2D eigenvalue weighted by Crippen LogP contribution is -2.50. The molecular formula is C27H29FN2O4. The second-order valence-corrected chi connectivity index (χ2v) is 9.39. The van der Waals surface area contributed by atoms with E-state index in [1.54, 1.807) is 26.4 Å². The van der Waals surface area contributed by atoms with Gasteiger partial charge < -0.3 is 23.7 Å². The maximum atomic E-state index is 13.9. The molecule has 7 heteroatoms. The third kappa shape index (κ3) is 3.55. The lowest BCUT2D eigenvalue weighted by atomic mass is 9.86. The van der Waals surface area contributed by atoms with Gasteiger partial charge in [0.05, 0.1) is 24.1 Å². The number of hydrogen-bond donors (Lipinski definition) is 0. The van der Waals surface area contributed by atoms with Gasteiger partial charge in [0.2, 0.25) is 0 Å². The number of piperidine rings is 1. The van der Waals surface area contributed by atoms with E-state index in [1.165, 1.54) is 12.1 Å². The number of aromatic nitrogens is 1. The molecule has 0 radical (unpaired) electrons. The van der Waals surface area contributed by atoms with E-state index in [0.717, 1.165) is 16.9 Å². The van der Waals surface area contributed by atoms with Crippen LogP contribution in [0.4, 0.5) is 4.39 Å². The molecule has 1 fully saturated rings. The van der Waals surface area contributed by atoms with E-state index in [4.69, 9.17) is 14.2 Å². The van der Waals surface area contributed by atoms with E-state index in [9.17, 15) is 9.18 Å². The van der Waals surface area contributed by atoms with Crippen LogP contribution in [0.25, 0.3) is 5.69 Å². The predicted octanol–water partition coefficient (Wildman–Crippen LogP) is 5.03. The molecule has 0 aliphatic carbocycles. The molecule has 2 aliphatic heterocycles. The molecule has 0 saturated carbocycles. The number of likely N-dealkylation sites (tertiary alicyclic amines) is 1. The Morgan fingerprint density at radius 2 is 1.85 bits per heavy atom. The molecule has 3 aromatic rings. The van der Waals surface area contributed by atoms with Crippen LogP contribution in [0.15, 0.2) is 54.7 Å². The molecule has 5 rings (SSSR count). The topological polar surface area (TPSA) is 52.9 Å². The van der Waals surface area contributed by atoms with Gasteiger partial charge in [-0.1, -0.05) is 6.07 Å². The summed E-state index contributed by atoms with van der Waals surface area (Å²) < 4.78 is 33.6. The molecule has 1 spiro atoms. The van der Waals surface area contributed by atoms with Gasteiger partial charge in [0.1, 0.15) is 17.3 Å². The zero-order chi connectivity index (χ0) is 24.1. The van der Waals surface area contributed by atoms with Crippen LogP contribution in [0.1, 0.15) is 48.3 Å². The van der Waals surface area contributed by atoms with Gasteiger partial charge in [-0.2, -0.15) is 0 Å². The fourth-order valence-electron chi connectivity index (χ4n) is 5.04. The third-order valence-electron chi connectivity index (χ3n) is 7.17. The van der Waals surface area contributed by atoms with Gasteiger partial charge in [-0.3, -0.25) is 4.79 Å². The second kappa shape index (κ2) is 8.17. The van der Waals surface area contributed by atoms with Gasteiger partial charge in [0.15, 0.2) is 5.60 Å². The largest absolute Gasteiger partial charge is 0.496 e. The Morgan fingerprint density at radius 3 is 2.56 bits per heavy atom. The van der Waals surface area contributed by atoms with Gasteiger partial charge in [0.25, 0.3) is 5.91 Å². The van der Waals surface area contributed by atoms with Crippen molar-refractivity contribution in [3.8, 4) is 17.2 Å². The first-order chi connectivity index (χ1) is 16.3. The van der Waals surface area contributed by atoms with Crippen LogP contribution in [-0.4, -0.2) is 42.7 Å². The molecule has 2 aliphatic rings. The Labute approximate surface area is 198 Å². The van der Waals surface area contributed by atoms with Gasteiger partial charge in [-0.15, -0.1) is 0 Å². The van der Waals surface area contributed by atoms with Crippen molar-refractivity contribution in [1.29, 1.82) is 0 Å². The summed E-state index contributed by atoms with van der Waals surface area (Å²) >= 11 is 0. The van der Waals surface area contributed by atoms with Gasteiger partial charge >= 0.3 is 0 Å². The second-order valence-electron chi connectivity index (χ2n) is 9.39. The van der Waals surface area contributed by atoms with Crippen LogP contribution < -0.4 is 9.47 Å². The first kappa shape index (κ1) is 22.5. The molecule has 34 heavy (non-hydrogen) atoms. The molecule has 1 amide bonds. The summed E-state index contributed by atoms with van der Waals surface area (Å²) in [5.74, 6) is 0.779. The first-order valence-electron chi connectivity index (χ1n) is 11.5. The minimum absolute atomic E-state index is 0.0486. The highest BCUT2D eigenvalue weighted by atomic mass is 19.1. The van der Waals surface area contributed by atoms with Gasteiger partial charge in [-0.25, -0.2) is 4.39 Å². The molecule has 1 aromatic heterocycles. The number of rotatable bonds is 4. The Hall–Kier alpha value is -3.32. The summed E-state index contributed by atoms with van der Waals surface area (Å²) in [4.78, 5) is 15.2. The summed E-state index contributed by atoms with van der Waals surface area (Å²) in [6.45, 7) is 4.98. The monoisotopic (exact) mass is 464 g/mol. The highest BCUT2D eigenvalue weighted by molar-refractivity contribution is 5.95. The quantitative estimate of drug-likeness (QED) is 0.544. The summed E-state index contributed by atoms with van der Waals surface area (Å²) in [5, 5.41) is 0. The highest BCUT2D eigenvalue weighted by Crippen LogP contribution is 2.45. The molecule has 0 unspecified atom stereocenters. The van der Waals surface area contributed by atoms with E-state index in [2.05, 4.69) is 4.57 Å². The standard InChI is InChI=1S/C27H29FN2O4/c1-26(2,33-4)20-9-7-18(16-22(20)32-3)25(31)29-14-11-27(12-15-29)24-6-5-13-30(24)21-10-8-19(28)17-23(21)34-27/h5-10,13,16-17H,11-12,14-15H2,1-4H3. The van der Waals surface area contributed by atoms with Crippen molar-refractivity contribution in [3.05, 3.63) is 77.4 Å². The fraction of sp³-hybridized carbons (Fsp3) is 0.370. The Kier molecular flexibility index (Phi) is 5.40. The number of amides is 1. The number of fused-ring (bicyclic) bond motifs is 4. The van der Waals surface area contributed by atoms with Crippen molar-refractivity contribution in [2.24, 2.45) is 0 Å². The first-order valence-corrected chi connectivity index (χ1v) is 11.5. The number of halogens is 1. The van der Waals surface area contributed by atoms with Crippen molar-refractivity contribution in [3.63, 3.8) is 0 Å². The summed E-state index contributed by atoms with van der Waals surface area (Å²) in [5.41, 5.74) is 2.19. The molecule has 2 aromatic carbocycles. The Morgan fingerprint density at radius 1 is 1.09 bits per heavy atom. The van der Waals surface area contributed by atoms with E-state index in [0.29, 0.717) is 43.0 Å². The number of hydrogen-bond acceptors (Lipinski definition) is 4. The lowest BCUT2D eigenvalue weighted by Gasteiger charge is -2.45. The van der Waals surface area contributed by atoms with Crippen molar-refractivity contribution in [1.82, 2.24) is 9.47 Å². The fourth-order valence-corrected chi connectivity index (χ4v) is 5.04. The third-order valence-corrected chi connectivity index (χ3v) is 7.17. The van der Waals surface area contributed by atoms with Crippen LogP contribution in [0.2, 0.25) is 0 Å². The van der Waals surface area contributed by atoms with Crippen molar-refractivity contribution < 1.29 is 23.4 Å². The molecule has 178 valence electrons. The highest BCUT2D eigenvalue weighted by Gasteiger charge is 2.44. The van der Waals surface area contributed by atoms with E-state index >= 15 is 0 Å². The minimum atomic E-state index is -0.592. The zero-order valence-corrected chi connectivity index (χ0v) is 19.9. The minimum Gasteiger partial charge on any atom is -0.496 e. The summed E-state index contributed by atoms with van der Waals surface area (Å²) in [7, 11) is 3.25. The van der Waals surface area contributed by atoms with Crippen LogP contribution in [0.5, 0.6) is 11.5 Å². The Balaban J connectivity index is 1.37. The van der Waals surface area contributed by atoms with Crippen molar-refractivity contribution in [2.45, 2.75) is 37.9 Å². The molecule has 0 N–H and O–H groups in total. The Bertz CT molecular complexity index is 1240. The summed E-state index contributed by atoms with van der Waals surface area (Å²) in [6, 6.07) is 14.1. The van der Waals surface area contributed by atoms with Gasteiger partial charge in [0, 0.05) is 56.4 Å². The molecule has 3 heterocycles. The number of carbonyl (C=O) groups excluding carboxylic acids is 1. The molecule has 1 saturated heterocycles. The molecule has 0 atom stereocenters. The average molecular weight is 465 g/mol. The maximum Gasteiger partial charge on any atom is 0.253 e. The maximum absolute atomic E-state index is 13.9. The van der Waals surface area contributed by atoms with E-state index in [-0.39, 0.29) is 11.7 Å². The SMILES string of the molecule is COc1cc(C(=O)N2CCC3(CC2)Oc2cc(F)ccc2-n2cccc23)ccc1C(C)(C)OC. The number of benzene rings is 2.